The van der Waals surface area contributed by atoms with Gasteiger partial charge in [0.05, 0.1) is 0 Å². The second-order valence-electron chi connectivity index (χ2n) is 8.38. The number of benzene rings is 1. The van der Waals surface area contributed by atoms with Crippen LogP contribution in [0.25, 0.3) is 0 Å². The van der Waals surface area contributed by atoms with Crippen molar-refractivity contribution >= 4 is 21.4 Å². The van der Waals surface area contributed by atoms with Gasteiger partial charge in [-0.05, 0) is 34.6 Å². The molecule has 1 unspecified atom stereocenters. The van der Waals surface area contributed by atoms with Gasteiger partial charge in [-0.15, -0.1) is 11.3 Å². The largest absolute Gasteiger partial charge is 0.491 e. The molecule has 1 N–H and O–H groups in total. The van der Waals surface area contributed by atoms with Gasteiger partial charge in [-0.25, -0.2) is 8.42 Å². The number of hydrogen-bond acceptors (Lipinski definition) is 6. The summed E-state index contributed by atoms with van der Waals surface area (Å²) in [6, 6.07) is 11.4. The predicted molar refractivity (Wildman–Crippen MR) is 116 cm³/mol. The van der Waals surface area contributed by atoms with Gasteiger partial charge in [0, 0.05) is 32.7 Å². The van der Waals surface area contributed by atoms with Crippen molar-refractivity contribution in [2.75, 3.05) is 39.3 Å². The molecule has 1 atom stereocenters. The molecule has 0 radical (unpaired) electrons. The van der Waals surface area contributed by atoms with Crippen LogP contribution in [0.1, 0.15) is 26.3 Å². The molecule has 1 aromatic carbocycles. The van der Waals surface area contributed by atoms with Crippen LogP contribution in [-0.4, -0.2) is 68.2 Å². The maximum atomic E-state index is 12.6. The summed E-state index contributed by atoms with van der Waals surface area (Å²) in [4.78, 5) is 2.08. The van der Waals surface area contributed by atoms with E-state index in [4.69, 9.17) is 4.74 Å². The first-order valence-electron chi connectivity index (χ1n) is 9.84. The number of hydrogen-bond donors (Lipinski definition) is 1. The summed E-state index contributed by atoms with van der Waals surface area (Å²) in [5.41, 5.74) is 1.33. The van der Waals surface area contributed by atoms with Crippen LogP contribution < -0.4 is 4.74 Å². The highest BCUT2D eigenvalue weighted by atomic mass is 32.2. The van der Waals surface area contributed by atoms with E-state index in [0.29, 0.717) is 36.9 Å². The first kappa shape index (κ1) is 22.2. The van der Waals surface area contributed by atoms with Crippen LogP contribution in [-0.2, 0) is 15.4 Å². The van der Waals surface area contributed by atoms with Gasteiger partial charge in [0.15, 0.2) is 0 Å². The van der Waals surface area contributed by atoms with Crippen LogP contribution in [0.2, 0.25) is 0 Å². The Labute approximate surface area is 177 Å². The highest BCUT2D eigenvalue weighted by molar-refractivity contribution is 7.91. The first-order valence-corrected chi connectivity index (χ1v) is 12.2. The zero-order chi connectivity index (χ0) is 21.1. The molecule has 1 aliphatic rings. The minimum Gasteiger partial charge on any atom is -0.491 e. The lowest BCUT2D eigenvalue weighted by atomic mass is 9.87. The van der Waals surface area contributed by atoms with E-state index in [9.17, 15) is 13.5 Å². The maximum Gasteiger partial charge on any atom is 0.252 e. The summed E-state index contributed by atoms with van der Waals surface area (Å²) in [7, 11) is -3.39. The van der Waals surface area contributed by atoms with Crippen LogP contribution in [0.4, 0.5) is 0 Å². The SMILES string of the molecule is CC(C)(C)c1ccc(OCC(O)CN2CCN(S(=O)(=O)c3cccs3)CC2)cc1. The zero-order valence-corrected chi connectivity index (χ0v) is 18.9. The van der Waals surface area contributed by atoms with Gasteiger partial charge in [-0.2, -0.15) is 4.31 Å². The molecule has 1 fully saturated rings. The Morgan fingerprint density at radius 2 is 1.76 bits per heavy atom. The van der Waals surface area contributed by atoms with E-state index in [2.05, 4.69) is 37.8 Å². The zero-order valence-electron chi connectivity index (χ0n) is 17.2. The third-order valence-electron chi connectivity index (χ3n) is 5.05. The summed E-state index contributed by atoms with van der Waals surface area (Å²) in [5, 5.41) is 12.1. The summed E-state index contributed by atoms with van der Waals surface area (Å²) >= 11 is 1.24. The van der Waals surface area contributed by atoms with E-state index in [1.165, 1.54) is 21.2 Å². The molecule has 0 aliphatic carbocycles. The lowest BCUT2D eigenvalue weighted by Crippen LogP contribution is -2.50. The van der Waals surface area contributed by atoms with Crippen molar-refractivity contribution in [3.63, 3.8) is 0 Å². The number of ether oxygens (including phenoxy) is 1. The molecular formula is C21H30N2O4S2. The Bertz CT molecular complexity index is 866. The molecule has 0 amide bonds. The molecule has 8 heteroatoms. The second kappa shape index (κ2) is 9.14. The molecule has 0 saturated carbocycles. The van der Waals surface area contributed by atoms with Gasteiger partial charge in [0.25, 0.3) is 10.0 Å². The molecule has 1 aliphatic heterocycles. The molecule has 29 heavy (non-hydrogen) atoms. The molecule has 160 valence electrons. The number of nitrogens with zero attached hydrogens (tertiary/aromatic N) is 2. The number of thiophene rings is 1. The van der Waals surface area contributed by atoms with Gasteiger partial charge in [-0.1, -0.05) is 39.0 Å². The highest BCUT2D eigenvalue weighted by Gasteiger charge is 2.29. The average Bonchev–Trinajstić information content (AvgIpc) is 3.22. The standard InChI is InChI=1S/C21H30N2O4S2/c1-21(2,3)17-6-8-19(9-7-17)27-16-18(24)15-22-10-12-23(13-11-22)29(25,26)20-5-4-14-28-20/h4-9,14,18,24H,10-13,15-16H2,1-3H3. The summed E-state index contributed by atoms with van der Waals surface area (Å²) in [6.45, 7) is 9.23. The summed E-state index contributed by atoms with van der Waals surface area (Å²) < 4.78 is 32.8. The van der Waals surface area contributed by atoms with Gasteiger partial charge in [-0.3, -0.25) is 4.90 Å². The van der Waals surface area contributed by atoms with Crippen LogP contribution in [0.15, 0.2) is 46.0 Å². The molecule has 1 aromatic heterocycles. The van der Waals surface area contributed by atoms with Crippen LogP contribution >= 0.6 is 11.3 Å². The number of rotatable bonds is 7. The fourth-order valence-electron chi connectivity index (χ4n) is 3.28. The van der Waals surface area contributed by atoms with E-state index in [0.717, 1.165) is 5.75 Å². The Morgan fingerprint density at radius 1 is 1.10 bits per heavy atom. The van der Waals surface area contributed by atoms with Crippen LogP contribution in [0.5, 0.6) is 5.75 Å². The first-order chi connectivity index (χ1) is 13.7. The van der Waals surface area contributed by atoms with Gasteiger partial charge in [0.2, 0.25) is 0 Å². The second-order valence-corrected chi connectivity index (χ2v) is 11.5. The van der Waals surface area contributed by atoms with E-state index < -0.39 is 16.1 Å². The fraction of sp³-hybridized carbons (Fsp3) is 0.524. The lowest BCUT2D eigenvalue weighted by Gasteiger charge is -2.34. The lowest BCUT2D eigenvalue weighted by molar-refractivity contribution is 0.0569. The maximum absolute atomic E-state index is 12.6. The monoisotopic (exact) mass is 438 g/mol. The quantitative estimate of drug-likeness (QED) is 0.720. The molecule has 0 bridgehead atoms. The minimum absolute atomic E-state index is 0.0944. The molecule has 6 nitrogen and oxygen atoms in total. The number of aliphatic hydroxyl groups is 1. The highest BCUT2D eigenvalue weighted by Crippen LogP contribution is 2.24. The fourth-order valence-corrected chi connectivity index (χ4v) is 5.85. The normalized spacial score (nSPS) is 17.9. The van der Waals surface area contributed by atoms with Crippen molar-refractivity contribution in [3.05, 3.63) is 47.3 Å². The molecule has 0 spiro atoms. The van der Waals surface area contributed by atoms with E-state index in [-0.39, 0.29) is 12.0 Å². The summed E-state index contributed by atoms with van der Waals surface area (Å²) in [5.74, 6) is 0.740. The minimum atomic E-state index is -3.39. The number of sulfonamides is 1. The van der Waals surface area contributed by atoms with Crippen LogP contribution in [0, 0.1) is 0 Å². The van der Waals surface area contributed by atoms with Crippen molar-refractivity contribution < 1.29 is 18.3 Å². The van der Waals surface area contributed by atoms with E-state index in [1.807, 2.05) is 12.1 Å². The topological polar surface area (TPSA) is 70.1 Å². The molecule has 1 saturated heterocycles. The molecule has 2 heterocycles. The smallest absolute Gasteiger partial charge is 0.252 e. The van der Waals surface area contributed by atoms with Crippen molar-refractivity contribution in [2.24, 2.45) is 0 Å². The average molecular weight is 439 g/mol. The molecular weight excluding hydrogens is 408 g/mol. The Balaban J connectivity index is 1.43. The summed E-state index contributed by atoms with van der Waals surface area (Å²) in [6.07, 6.45) is -0.627. The van der Waals surface area contributed by atoms with Crippen molar-refractivity contribution in [3.8, 4) is 5.75 Å². The third kappa shape index (κ3) is 5.79. The van der Waals surface area contributed by atoms with Gasteiger partial charge < -0.3 is 9.84 Å². The Morgan fingerprint density at radius 3 is 2.31 bits per heavy atom. The van der Waals surface area contributed by atoms with Crippen LogP contribution in [0.3, 0.4) is 0 Å². The van der Waals surface area contributed by atoms with Crippen molar-refractivity contribution in [1.82, 2.24) is 9.21 Å². The van der Waals surface area contributed by atoms with Gasteiger partial charge >= 0.3 is 0 Å². The van der Waals surface area contributed by atoms with Crippen molar-refractivity contribution in [1.29, 1.82) is 0 Å². The number of β-amino-alcohol motifs (C(OH)–C–C–N with tert-alkyl or cyclic N) is 1. The predicted octanol–water partition coefficient (Wildman–Crippen LogP) is 2.79. The molecule has 3 rings (SSSR count). The number of piperazine rings is 1. The Kier molecular flexibility index (Phi) is 7.01. The van der Waals surface area contributed by atoms with E-state index in [1.54, 1.807) is 17.5 Å². The van der Waals surface area contributed by atoms with E-state index >= 15 is 0 Å². The molecule has 2 aromatic rings. The Hall–Kier alpha value is -1.45. The van der Waals surface area contributed by atoms with Crippen molar-refractivity contribution in [2.45, 2.75) is 36.5 Å². The third-order valence-corrected chi connectivity index (χ3v) is 8.32. The van der Waals surface area contributed by atoms with Gasteiger partial charge in [0.1, 0.15) is 22.7 Å². The number of aliphatic hydroxyl groups excluding tert-OH is 1.